The van der Waals surface area contributed by atoms with Gasteiger partial charge in [0.25, 0.3) is 0 Å². The SMILES string of the molecule is Cl.O=C(O)c1cc2c(cn1)CC1(C2)C(=O)Nc2ncccc21. The number of aromatic nitrogens is 2. The largest absolute Gasteiger partial charge is 0.477 e. The van der Waals surface area contributed by atoms with E-state index in [0.717, 1.165) is 16.7 Å². The maximum absolute atomic E-state index is 12.5. The number of hydrogen-bond acceptors (Lipinski definition) is 4. The molecule has 0 saturated carbocycles. The van der Waals surface area contributed by atoms with Crippen LogP contribution in [0.15, 0.2) is 30.6 Å². The molecule has 1 aliphatic carbocycles. The van der Waals surface area contributed by atoms with Crippen LogP contribution in [0.5, 0.6) is 0 Å². The summed E-state index contributed by atoms with van der Waals surface area (Å²) in [6, 6.07) is 5.27. The maximum Gasteiger partial charge on any atom is 0.354 e. The number of rotatable bonds is 1. The van der Waals surface area contributed by atoms with Gasteiger partial charge in [0, 0.05) is 18.0 Å². The van der Waals surface area contributed by atoms with Crippen LogP contribution in [0.2, 0.25) is 0 Å². The number of halogens is 1. The molecule has 112 valence electrons. The van der Waals surface area contributed by atoms with E-state index in [2.05, 4.69) is 15.3 Å². The average Bonchev–Trinajstić information content (AvgIpc) is 2.98. The average molecular weight is 318 g/mol. The second-order valence-electron chi connectivity index (χ2n) is 5.43. The highest BCUT2D eigenvalue weighted by molar-refractivity contribution is 6.06. The van der Waals surface area contributed by atoms with E-state index in [1.807, 2.05) is 12.1 Å². The van der Waals surface area contributed by atoms with E-state index in [0.29, 0.717) is 18.7 Å². The van der Waals surface area contributed by atoms with Gasteiger partial charge in [-0.2, -0.15) is 0 Å². The van der Waals surface area contributed by atoms with Gasteiger partial charge in [-0.05, 0) is 36.1 Å². The van der Waals surface area contributed by atoms with Crippen LogP contribution in [0, 0.1) is 0 Å². The van der Waals surface area contributed by atoms with Gasteiger partial charge in [-0.3, -0.25) is 4.79 Å². The van der Waals surface area contributed by atoms with Crippen molar-refractivity contribution in [2.75, 3.05) is 5.32 Å². The second-order valence-corrected chi connectivity index (χ2v) is 5.43. The molecule has 1 aliphatic heterocycles. The molecular weight excluding hydrogens is 306 g/mol. The maximum atomic E-state index is 12.5. The lowest BCUT2D eigenvalue weighted by atomic mass is 9.79. The van der Waals surface area contributed by atoms with Crippen LogP contribution in [-0.4, -0.2) is 27.0 Å². The standard InChI is InChI=1S/C15H11N3O3.ClH/c19-13(20)11-4-8-5-15(6-9(8)7-17-11)10-2-1-3-16-12(10)18-14(15)21;/h1-4,7H,5-6H2,(H,19,20)(H,16,18,21);1H. The number of carbonyl (C=O) groups is 2. The molecule has 0 aromatic carbocycles. The zero-order valence-corrected chi connectivity index (χ0v) is 12.2. The molecule has 1 spiro atoms. The van der Waals surface area contributed by atoms with Gasteiger partial charge in [0.05, 0.1) is 5.41 Å². The topological polar surface area (TPSA) is 92.2 Å². The molecule has 7 heteroatoms. The Kier molecular flexibility index (Phi) is 3.14. The normalized spacial score (nSPS) is 21.0. The van der Waals surface area contributed by atoms with E-state index in [-0.39, 0.29) is 24.0 Å². The van der Waals surface area contributed by atoms with Crippen LogP contribution >= 0.6 is 12.4 Å². The van der Waals surface area contributed by atoms with Crippen molar-refractivity contribution < 1.29 is 14.7 Å². The van der Waals surface area contributed by atoms with Crippen molar-refractivity contribution in [2.45, 2.75) is 18.3 Å². The minimum Gasteiger partial charge on any atom is -0.477 e. The number of amides is 1. The molecule has 22 heavy (non-hydrogen) atoms. The molecule has 0 radical (unpaired) electrons. The van der Waals surface area contributed by atoms with Crippen LogP contribution in [0.3, 0.4) is 0 Å². The highest BCUT2D eigenvalue weighted by Gasteiger charge is 2.51. The lowest BCUT2D eigenvalue weighted by molar-refractivity contribution is -0.120. The summed E-state index contributed by atoms with van der Waals surface area (Å²) in [4.78, 5) is 31.6. The molecule has 1 unspecified atom stereocenters. The Morgan fingerprint density at radius 1 is 1.27 bits per heavy atom. The first kappa shape index (κ1) is 14.5. The molecule has 1 amide bonds. The van der Waals surface area contributed by atoms with Crippen LogP contribution in [0.4, 0.5) is 5.82 Å². The van der Waals surface area contributed by atoms with Crippen LogP contribution in [0.1, 0.15) is 27.2 Å². The molecule has 2 N–H and O–H groups in total. The summed E-state index contributed by atoms with van der Waals surface area (Å²) in [5, 5.41) is 11.8. The first-order valence-electron chi connectivity index (χ1n) is 6.58. The number of carboxylic acids is 1. The summed E-state index contributed by atoms with van der Waals surface area (Å²) in [6.45, 7) is 0. The van der Waals surface area contributed by atoms with E-state index in [9.17, 15) is 9.59 Å². The fourth-order valence-corrected chi connectivity index (χ4v) is 3.27. The van der Waals surface area contributed by atoms with Gasteiger partial charge >= 0.3 is 5.97 Å². The summed E-state index contributed by atoms with van der Waals surface area (Å²) >= 11 is 0. The minimum absolute atomic E-state index is 0. The lowest BCUT2D eigenvalue weighted by Gasteiger charge is -2.20. The Bertz CT molecular complexity index is 808. The van der Waals surface area contributed by atoms with Crippen molar-refractivity contribution in [2.24, 2.45) is 0 Å². The van der Waals surface area contributed by atoms with Crippen molar-refractivity contribution in [1.29, 1.82) is 0 Å². The van der Waals surface area contributed by atoms with E-state index in [1.165, 1.54) is 0 Å². The van der Waals surface area contributed by atoms with Crippen molar-refractivity contribution in [3.63, 3.8) is 0 Å². The molecule has 2 aliphatic rings. The van der Waals surface area contributed by atoms with E-state index >= 15 is 0 Å². The molecule has 3 heterocycles. The van der Waals surface area contributed by atoms with Crippen LogP contribution < -0.4 is 5.32 Å². The lowest BCUT2D eigenvalue weighted by Crippen LogP contribution is -2.35. The van der Waals surface area contributed by atoms with Crippen LogP contribution in [-0.2, 0) is 23.1 Å². The van der Waals surface area contributed by atoms with Gasteiger partial charge in [0.1, 0.15) is 11.5 Å². The molecule has 0 bridgehead atoms. The van der Waals surface area contributed by atoms with Gasteiger partial charge in [-0.1, -0.05) is 6.07 Å². The smallest absolute Gasteiger partial charge is 0.354 e. The fraction of sp³-hybridized carbons (Fsp3) is 0.200. The third-order valence-electron chi connectivity index (χ3n) is 4.28. The number of pyridine rings is 2. The van der Waals surface area contributed by atoms with Crippen molar-refractivity contribution in [3.8, 4) is 0 Å². The van der Waals surface area contributed by atoms with Gasteiger partial charge in [-0.25, -0.2) is 14.8 Å². The number of nitrogens with zero attached hydrogens (tertiary/aromatic N) is 2. The quantitative estimate of drug-likeness (QED) is 0.833. The molecule has 0 saturated heterocycles. The molecule has 1 atom stereocenters. The Morgan fingerprint density at radius 2 is 2.05 bits per heavy atom. The van der Waals surface area contributed by atoms with Gasteiger partial charge in [0.2, 0.25) is 5.91 Å². The summed E-state index contributed by atoms with van der Waals surface area (Å²) < 4.78 is 0. The number of carbonyl (C=O) groups excluding carboxylic acids is 1. The van der Waals surface area contributed by atoms with Gasteiger partial charge in [0.15, 0.2) is 0 Å². The molecular formula is C15H12ClN3O3. The number of fused-ring (bicyclic) bond motifs is 3. The predicted molar refractivity (Wildman–Crippen MR) is 80.4 cm³/mol. The number of anilines is 1. The Morgan fingerprint density at radius 3 is 2.82 bits per heavy atom. The summed E-state index contributed by atoms with van der Waals surface area (Å²) in [5.41, 5.74) is 2.00. The van der Waals surface area contributed by atoms with Crippen molar-refractivity contribution >= 4 is 30.1 Å². The van der Waals surface area contributed by atoms with E-state index < -0.39 is 11.4 Å². The summed E-state index contributed by atoms with van der Waals surface area (Å²) in [5.74, 6) is -0.539. The predicted octanol–water partition coefficient (Wildman–Crippen LogP) is 1.59. The molecule has 0 fully saturated rings. The Balaban J connectivity index is 0.00000144. The highest BCUT2D eigenvalue weighted by Crippen LogP contribution is 2.46. The number of aromatic carboxylic acids is 1. The van der Waals surface area contributed by atoms with Gasteiger partial charge in [-0.15, -0.1) is 12.4 Å². The van der Waals surface area contributed by atoms with Crippen molar-refractivity contribution in [3.05, 3.63) is 53.0 Å². The molecule has 2 aromatic rings. The second kappa shape index (κ2) is 4.78. The molecule has 6 nitrogen and oxygen atoms in total. The minimum atomic E-state index is -1.06. The number of hydrogen-bond donors (Lipinski definition) is 2. The molecule has 2 aromatic heterocycles. The first-order valence-corrected chi connectivity index (χ1v) is 6.58. The third kappa shape index (κ3) is 1.80. The fourth-order valence-electron chi connectivity index (χ4n) is 3.27. The number of nitrogens with one attached hydrogen (secondary N) is 1. The van der Waals surface area contributed by atoms with Crippen molar-refractivity contribution in [1.82, 2.24) is 9.97 Å². The monoisotopic (exact) mass is 317 g/mol. The summed E-state index contributed by atoms with van der Waals surface area (Å²) in [6.07, 6.45) is 4.22. The number of carboxylic acid groups (broad SMARTS) is 1. The summed E-state index contributed by atoms with van der Waals surface area (Å²) in [7, 11) is 0. The molecule has 4 rings (SSSR count). The third-order valence-corrected chi connectivity index (χ3v) is 4.28. The van der Waals surface area contributed by atoms with E-state index in [4.69, 9.17) is 5.11 Å². The van der Waals surface area contributed by atoms with E-state index in [1.54, 1.807) is 18.5 Å². The highest BCUT2D eigenvalue weighted by atomic mass is 35.5. The zero-order chi connectivity index (χ0) is 14.6. The Labute approximate surface area is 132 Å². The van der Waals surface area contributed by atoms with Gasteiger partial charge < -0.3 is 10.4 Å². The Hall–Kier alpha value is -2.47. The zero-order valence-electron chi connectivity index (χ0n) is 11.4. The van der Waals surface area contributed by atoms with Crippen LogP contribution in [0.25, 0.3) is 0 Å². The first-order chi connectivity index (χ1) is 10.1.